The summed E-state index contributed by atoms with van der Waals surface area (Å²) in [5.41, 5.74) is 6.90. The van der Waals surface area contributed by atoms with Gasteiger partial charge in [0.05, 0.1) is 13.2 Å². The fraction of sp³-hybridized carbons (Fsp3) is 0.500. The Morgan fingerprint density at radius 1 is 1.47 bits per heavy atom. The summed E-state index contributed by atoms with van der Waals surface area (Å²) in [6.45, 7) is 3.13. The van der Waals surface area contributed by atoms with Gasteiger partial charge in [0, 0.05) is 19.1 Å². The van der Waals surface area contributed by atoms with Crippen LogP contribution in [0, 0.1) is 0 Å². The van der Waals surface area contributed by atoms with Crippen molar-refractivity contribution in [2.24, 2.45) is 5.73 Å². The van der Waals surface area contributed by atoms with Crippen molar-refractivity contribution < 1.29 is 14.3 Å². The fourth-order valence-electron chi connectivity index (χ4n) is 2.06. The summed E-state index contributed by atoms with van der Waals surface area (Å²) in [5, 5.41) is 0. The van der Waals surface area contributed by atoms with Crippen molar-refractivity contribution in [1.29, 1.82) is 0 Å². The van der Waals surface area contributed by atoms with Crippen molar-refractivity contribution in [3.05, 3.63) is 29.8 Å². The number of methoxy groups -OCH3 is 1. The minimum atomic E-state index is -0.0871. The van der Waals surface area contributed by atoms with Crippen molar-refractivity contribution in [2.45, 2.75) is 25.6 Å². The molecule has 0 aliphatic carbocycles. The first kappa shape index (κ1) is 13.8. The van der Waals surface area contributed by atoms with E-state index in [1.54, 1.807) is 12.0 Å². The molecular formula is C14H20N2O3. The molecule has 1 amide bonds. The molecular weight excluding hydrogens is 244 g/mol. The van der Waals surface area contributed by atoms with E-state index in [0.29, 0.717) is 13.1 Å². The third-order valence-corrected chi connectivity index (χ3v) is 3.29. The van der Waals surface area contributed by atoms with E-state index in [9.17, 15) is 4.79 Å². The van der Waals surface area contributed by atoms with Crippen LogP contribution in [0.25, 0.3) is 0 Å². The van der Waals surface area contributed by atoms with Gasteiger partial charge in [-0.25, -0.2) is 0 Å². The quantitative estimate of drug-likeness (QED) is 0.872. The second kappa shape index (κ2) is 6.04. The molecule has 1 aliphatic rings. The Morgan fingerprint density at radius 3 is 2.74 bits per heavy atom. The third-order valence-electron chi connectivity index (χ3n) is 3.29. The summed E-state index contributed by atoms with van der Waals surface area (Å²) in [4.78, 5) is 13.6. The second-order valence-electron chi connectivity index (χ2n) is 4.83. The van der Waals surface area contributed by atoms with Crippen molar-refractivity contribution in [1.82, 2.24) is 4.90 Å². The zero-order chi connectivity index (χ0) is 13.8. The summed E-state index contributed by atoms with van der Waals surface area (Å²) >= 11 is 0. The SMILES string of the molecule is COc1ccc(CN2C[C@H]([C@@H](C)N)OCC2=O)cc1. The second-order valence-corrected chi connectivity index (χ2v) is 4.83. The zero-order valence-electron chi connectivity index (χ0n) is 11.3. The molecule has 1 aliphatic heterocycles. The Morgan fingerprint density at radius 2 is 2.16 bits per heavy atom. The number of carbonyl (C=O) groups excluding carboxylic acids is 1. The third kappa shape index (κ3) is 3.45. The molecule has 5 nitrogen and oxygen atoms in total. The molecule has 2 atom stereocenters. The maximum atomic E-state index is 11.8. The topological polar surface area (TPSA) is 64.8 Å². The number of hydrogen-bond acceptors (Lipinski definition) is 4. The molecule has 2 N–H and O–H groups in total. The molecule has 0 aromatic heterocycles. The lowest BCUT2D eigenvalue weighted by Gasteiger charge is -2.34. The van der Waals surface area contributed by atoms with E-state index in [0.717, 1.165) is 11.3 Å². The Labute approximate surface area is 113 Å². The van der Waals surface area contributed by atoms with Crippen LogP contribution in [0.15, 0.2) is 24.3 Å². The van der Waals surface area contributed by atoms with E-state index in [1.807, 2.05) is 31.2 Å². The lowest BCUT2D eigenvalue weighted by atomic mass is 10.1. The van der Waals surface area contributed by atoms with Crippen LogP contribution in [-0.4, -0.2) is 43.2 Å². The summed E-state index contributed by atoms with van der Waals surface area (Å²) in [6.07, 6.45) is -0.0871. The molecule has 0 radical (unpaired) electrons. The Kier molecular flexibility index (Phi) is 4.39. The number of morpholine rings is 1. The van der Waals surface area contributed by atoms with Gasteiger partial charge in [-0.2, -0.15) is 0 Å². The highest BCUT2D eigenvalue weighted by Crippen LogP contribution is 2.16. The van der Waals surface area contributed by atoms with Crippen LogP contribution < -0.4 is 10.5 Å². The molecule has 1 saturated heterocycles. The average molecular weight is 264 g/mol. The van der Waals surface area contributed by atoms with Crippen molar-refractivity contribution in [3.8, 4) is 5.75 Å². The van der Waals surface area contributed by atoms with E-state index in [1.165, 1.54) is 0 Å². The van der Waals surface area contributed by atoms with E-state index >= 15 is 0 Å². The minimum Gasteiger partial charge on any atom is -0.497 e. The largest absolute Gasteiger partial charge is 0.497 e. The van der Waals surface area contributed by atoms with E-state index in [2.05, 4.69) is 0 Å². The maximum absolute atomic E-state index is 11.8. The molecule has 19 heavy (non-hydrogen) atoms. The predicted octanol–water partition coefficient (Wildman–Crippen LogP) is 0.770. The number of carbonyl (C=O) groups is 1. The van der Waals surface area contributed by atoms with Gasteiger partial charge in [-0.3, -0.25) is 4.79 Å². The van der Waals surface area contributed by atoms with Crippen LogP contribution in [0.2, 0.25) is 0 Å². The molecule has 0 bridgehead atoms. The van der Waals surface area contributed by atoms with Crippen LogP contribution in [-0.2, 0) is 16.1 Å². The molecule has 0 unspecified atom stereocenters. The smallest absolute Gasteiger partial charge is 0.248 e. The molecule has 1 aromatic carbocycles. The van der Waals surface area contributed by atoms with E-state index in [4.69, 9.17) is 15.2 Å². The summed E-state index contributed by atoms with van der Waals surface area (Å²) in [6, 6.07) is 7.63. The van der Waals surface area contributed by atoms with Crippen LogP contribution in [0.4, 0.5) is 0 Å². The lowest BCUT2D eigenvalue weighted by Crippen LogP contribution is -2.51. The van der Waals surface area contributed by atoms with Crippen LogP contribution >= 0.6 is 0 Å². The monoisotopic (exact) mass is 264 g/mol. The van der Waals surface area contributed by atoms with Gasteiger partial charge >= 0.3 is 0 Å². The Hall–Kier alpha value is -1.59. The van der Waals surface area contributed by atoms with Crippen LogP contribution in [0.1, 0.15) is 12.5 Å². The van der Waals surface area contributed by atoms with Gasteiger partial charge in [0.15, 0.2) is 0 Å². The number of nitrogens with zero attached hydrogens (tertiary/aromatic N) is 1. The molecule has 0 saturated carbocycles. The summed E-state index contributed by atoms with van der Waals surface area (Å²) in [7, 11) is 1.63. The molecule has 1 aromatic rings. The van der Waals surface area contributed by atoms with Gasteiger partial charge < -0.3 is 20.1 Å². The first-order valence-corrected chi connectivity index (χ1v) is 6.38. The molecule has 1 fully saturated rings. The minimum absolute atomic E-state index is 0.00715. The average Bonchev–Trinajstić information content (AvgIpc) is 2.42. The van der Waals surface area contributed by atoms with E-state index in [-0.39, 0.29) is 24.7 Å². The predicted molar refractivity (Wildman–Crippen MR) is 71.8 cm³/mol. The normalized spacial score (nSPS) is 21.3. The number of hydrogen-bond donors (Lipinski definition) is 1. The standard InChI is InChI=1S/C14H20N2O3/c1-10(15)13-8-16(14(17)9-19-13)7-11-3-5-12(18-2)6-4-11/h3-6,10,13H,7-9,15H2,1-2H3/t10-,13-/m1/s1. The van der Waals surface area contributed by atoms with Gasteiger partial charge in [0.2, 0.25) is 5.91 Å². The molecule has 5 heteroatoms. The number of nitrogens with two attached hydrogens (primary N) is 1. The highest BCUT2D eigenvalue weighted by molar-refractivity contribution is 5.78. The number of benzene rings is 1. The van der Waals surface area contributed by atoms with Gasteiger partial charge in [-0.05, 0) is 24.6 Å². The number of amides is 1. The highest BCUT2D eigenvalue weighted by atomic mass is 16.5. The first-order chi connectivity index (χ1) is 9.10. The molecule has 104 valence electrons. The molecule has 1 heterocycles. The van der Waals surface area contributed by atoms with Crippen molar-refractivity contribution in [2.75, 3.05) is 20.3 Å². The summed E-state index contributed by atoms with van der Waals surface area (Å²) in [5.74, 6) is 0.818. The van der Waals surface area contributed by atoms with Crippen molar-refractivity contribution in [3.63, 3.8) is 0 Å². The molecule has 2 rings (SSSR count). The number of ether oxygens (including phenoxy) is 2. The Balaban J connectivity index is 2.01. The molecule has 0 spiro atoms. The lowest BCUT2D eigenvalue weighted by molar-refractivity contribution is -0.150. The fourth-order valence-corrected chi connectivity index (χ4v) is 2.06. The van der Waals surface area contributed by atoms with Crippen LogP contribution in [0.3, 0.4) is 0 Å². The van der Waals surface area contributed by atoms with Gasteiger partial charge in [0.25, 0.3) is 0 Å². The highest BCUT2D eigenvalue weighted by Gasteiger charge is 2.28. The first-order valence-electron chi connectivity index (χ1n) is 6.38. The zero-order valence-corrected chi connectivity index (χ0v) is 11.3. The van der Waals surface area contributed by atoms with Crippen LogP contribution in [0.5, 0.6) is 5.75 Å². The maximum Gasteiger partial charge on any atom is 0.248 e. The number of rotatable bonds is 4. The van der Waals surface area contributed by atoms with Gasteiger partial charge in [-0.15, -0.1) is 0 Å². The van der Waals surface area contributed by atoms with Gasteiger partial charge in [0.1, 0.15) is 12.4 Å². The Bertz CT molecular complexity index is 431. The van der Waals surface area contributed by atoms with Crippen molar-refractivity contribution >= 4 is 5.91 Å². The van der Waals surface area contributed by atoms with E-state index < -0.39 is 0 Å². The summed E-state index contributed by atoms with van der Waals surface area (Å²) < 4.78 is 10.5. The van der Waals surface area contributed by atoms with Gasteiger partial charge in [-0.1, -0.05) is 12.1 Å².